The van der Waals surface area contributed by atoms with Gasteiger partial charge in [0.1, 0.15) is 0 Å². The Labute approximate surface area is 99.0 Å². The molecule has 1 aromatic carbocycles. The van der Waals surface area contributed by atoms with Crippen molar-refractivity contribution in [1.82, 2.24) is 0 Å². The van der Waals surface area contributed by atoms with Gasteiger partial charge in [0.2, 0.25) is 0 Å². The maximum Gasteiger partial charge on any atom is 0.0358 e. The summed E-state index contributed by atoms with van der Waals surface area (Å²) in [7, 11) is 0. The molecule has 0 heterocycles. The first kappa shape index (κ1) is 11.7. The van der Waals surface area contributed by atoms with Crippen LogP contribution < -0.4 is 5.73 Å². The van der Waals surface area contributed by atoms with Crippen molar-refractivity contribution in [3.63, 3.8) is 0 Å². The number of rotatable bonds is 4. The number of benzene rings is 1. The zero-order chi connectivity index (χ0) is 11.6. The second-order valence-electron chi connectivity index (χ2n) is 5.22. The lowest BCUT2D eigenvalue weighted by atomic mass is 9.74. The lowest BCUT2D eigenvalue weighted by Gasteiger charge is -2.33. The summed E-state index contributed by atoms with van der Waals surface area (Å²) in [6, 6.07) is 8.98. The van der Waals surface area contributed by atoms with E-state index in [1.54, 1.807) is 0 Å². The van der Waals surface area contributed by atoms with Gasteiger partial charge in [0.25, 0.3) is 0 Å². The lowest BCUT2D eigenvalue weighted by molar-refractivity contribution is 0.201. The fourth-order valence-corrected chi connectivity index (χ4v) is 3.43. The maximum atomic E-state index is 6.50. The van der Waals surface area contributed by atoms with E-state index in [1.165, 1.54) is 43.2 Å². The van der Waals surface area contributed by atoms with Gasteiger partial charge in [-0.25, -0.2) is 0 Å². The van der Waals surface area contributed by atoms with Crippen LogP contribution in [-0.4, -0.2) is 0 Å². The number of fused-ring (bicyclic) bond motifs is 1. The van der Waals surface area contributed by atoms with E-state index in [2.05, 4.69) is 38.1 Å². The topological polar surface area (TPSA) is 26.0 Å². The van der Waals surface area contributed by atoms with Gasteiger partial charge in [-0.1, -0.05) is 51.0 Å². The largest absolute Gasteiger partial charge is 0.323 e. The van der Waals surface area contributed by atoms with E-state index in [0.717, 1.165) is 0 Å². The van der Waals surface area contributed by atoms with Gasteiger partial charge >= 0.3 is 0 Å². The Morgan fingerprint density at radius 2 is 1.81 bits per heavy atom. The zero-order valence-electron chi connectivity index (χ0n) is 10.5. The molecule has 1 atom stereocenters. The molecule has 0 aliphatic heterocycles. The second-order valence-corrected chi connectivity index (χ2v) is 5.22. The second kappa shape index (κ2) is 4.58. The van der Waals surface area contributed by atoms with Gasteiger partial charge in [-0.3, -0.25) is 0 Å². The van der Waals surface area contributed by atoms with E-state index in [4.69, 9.17) is 5.73 Å². The van der Waals surface area contributed by atoms with E-state index in [-0.39, 0.29) is 6.04 Å². The molecule has 88 valence electrons. The normalized spacial score (nSPS) is 22.1. The van der Waals surface area contributed by atoms with Gasteiger partial charge in [0, 0.05) is 6.04 Å². The van der Waals surface area contributed by atoms with Gasteiger partial charge in [0.05, 0.1) is 0 Å². The van der Waals surface area contributed by atoms with Crippen molar-refractivity contribution in [3.8, 4) is 0 Å². The summed E-state index contributed by atoms with van der Waals surface area (Å²) in [4.78, 5) is 0. The molecule has 0 amide bonds. The molecule has 0 bridgehead atoms. The predicted molar refractivity (Wildman–Crippen MR) is 69.3 cm³/mol. The van der Waals surface area contributed by atoms with Gasteiger partial charge in [0.15, 0.2) is 0 Å². The summed E-state index contributed by atoms with van der Waals surface area (Å²) in [6.45, 7) is 4.54. The minimum Gasteiger partial charge on any atom is -0.323 e. The summed E-state index contributed by atoms with van der Waals surface area (Å²) in [5.41, 5.74) is 9.71. The third-order valence-electron chi connectivity index (χ3n) is 4.09. The fraction of sp³-hybridized carbons (Fsp3) is 0.600. The van der Waals surface area contributed by atoms with Crippen LogP contribution in [0.1, 0.15) is 56.7 Å². The minimum absolute atomic E-state index is 0.253. The highest BCUT2D eigenvalue weighted by Crippen LogP contribution is 2.50. The highest BCUT2D eigenvalue weighted by molar-refractivity contribution is 5.37. The molecule has 2 N–H and O–H groups in total. The van der Waals surface area contributed by atoms with Crippen molar-refractivity contribution in [1.29, 1.82) is 0 Å². The predicted octanol–water partition coefficient (Wildman–Crippen LogP) is 3.83. The third kappa shape index (κ3) is 1.78. The van der Waals surface area contributed by atoms with Crippen molar-refractivity contribution in [2.24, 2.45) is 11.1 Å². The molecule has 1 heteroatoms. The molecular weight excluding hydrogens is 194 g/mol. The first-order chi connectivity index (χ1) is 7.73. The van der Waals surface area contributed by atoms with Crippen molar-refractivity contribution in [2.75, 3.05) is 0 Å². The molecule has 1 nitrogen and oxygen atoms in total. The Morgan fingerprint density at radius 1 is 1.19 bits per heavy atom. The molecule has 1 aliphatic rings. The standard InChI is InChI=1S/C15H23N/c1-3-9-15(10-4-2)11-12-7-5-6-8-13(12)14(15)16/h5-8,14H,3-4,9-11,16H2,1-2H3/t14-/m1/s1. The molecular formula is C15H23N. The van der Waals surface area contributed by atoms with Crippen molar-refractivity contribution in [3.05, 3.63) is 35.4 Å². The molecule has 0 saturated heterocycles. The molecule has 0 fully saturated rings. The zero-order valence-corrected chi connectivity index (χ0v) is 10.5. The summed E-state index contributed by atoms with van der Waals surface area (Å²) < 4.78 is 0. The number of nitrogens with two attached hydrogens (primary N) is 1. The van der Waals surface area contributed by atoms with Crippen LogP contribution in [0, 0.1) is 5.41 Å². The highest BCUT2D eigenvalue weighted by Gasteiger charge is 2.42. The number of hydrogen-bond acceptors (Lipinski definition) is 1. The Kier molecular flexibility index (Phi) is 3.34. The van der Waals surface area contributed by atoms with Crippen LogP contribution in [-0.2, 0) is 6.42 Å². The fourth-order valence-electron chi connectivity index (χ4n) is 3.43. The van der Waals surface area contributed by atoms with E-state index in [9.17, 15) is 0 Å². The third-order valence-corrected chi connectivity index (χ3v) is 4.09. The van der Waals surface area contributed by atoms with Crippen molar-refractivity contribution in [2.45, 2.75) is 52.0 Å². The number of hydrogen-bond donors (Lipinski definition) is 1. The quantitative estimate of drug-likeness (QED) is 0.815. The molecule has 0 saturated carbocycles. The molecule has 0 unspecified atom stereocenters. The molecule has 0 aromatic heterocycles. The van der Waals surface area contributed by atoms with Crippen LogP contribution >= 0.6 is 0 Å². The Morgan fingerprint density at radius 3 is 2.38 bits per heavy atom. The average molecular weight is 217 g/mol. The molecule has 0 radical (unpaired) electrons. The molecule has 1 aromatic rings. The van der Waals surface area contributed by atoms with E-state index < -0.39 is 0 Å². The smallest absolute Gasteiger partial charge is 0.0358 e. The van der Waals surface area contributed by atoms with Crippen LogP contribution in [0.4, 0.5) is 0 Å². The van der Waals surface area contributed by atoms with Crippen molar-refractivity contribution >= 4 is 0 Å². The van der Waals surface area contributed by atoms with Crippen molar-refractivity contribution < 1.29 is 0 Å². The van der Waals surface area contributed by atoms with Crippen LogP contribution in [0.15, 0.2) is 24.3 Å². The Bertz CT molecular complexity index is 350. The lowest BCUT2D eigenvalue weighted by Crippen LogP contribution is -2.31. The van der Waals surface area contributed by atoms with E-state index in [1.807, 2.05) is 0 Å². The molecule has 16 heavy (non-hydrogen) atoms. The van der Waals surface area contributed by atoms with Crippen LogP contribution in [0.5, 0.6) is 0 Å². The average Bonchev–Trinajstić information content (AvgIpc) is 2.54. The Balaban J connectivity index is 2.32. The van der Waals surface area contributed by atoms with Gasteiger partial charge in [-0.2, -0.15) is 0 Å². The molecule has 2 rings (SSSR count). The minimum atomic E-state index is 0.253. The van der Waals surface area contributed by atoms with E-state index >= 15 is 0 Å². The molecule has 0 spiro atoms. The summed E-state index contributed by atoms with van der Waals surface area (Å²) >= 11 is 0. The summed E-state index contributed by atoms with van der Waals surface area (Å²) in [6.07, 6.45) is 6.18. The van der Waals surface area contributed by atoms with Crippen LogP contribution in [0.3, 0.4) is 0 Å². The SMILES string of the molecule is CCCC1(CCC)Cc2ccccc2[C@H]1N. The first-order valence-electron chi connectivity index (χ1n) is 6.57. The van der Waals surface area contributed by atoms with Gasteiger partial charge < -0.3 is 5.73 Å². The molecule has 1 aliphatic carbocycles. The first-order valence-corrected chi connectivity index (χ1v) is 6.57. The van der Waals surface area contributed by atoms with Gasteiger partial charge in [-0.15, -0.1) is 0 Å². The summed E-state index contributed by atoms with van der Waals surface area (Å²) in [5.74, 6) is 0. The van der Waals surface area contributed by atoms with Gasteiger partial charge in [-0.05, 0) is 35.8 Å². The van der Waals surface area contributed by atoms with Crippen LogP contribution in [0.2, 0.25) is 0 Å². The monoisotopic (exact) mass is 217 g/mol. The van der Waals surface area contributed by atoms with E-state index in [0.29, 0.717) is 5.41 Å². The highest BCUT2D eigenvalue weighted by atomic mass is 14.7. The Hall–Kier alpha value is -0.820. The maximum absolute atomic E-state index is 6.50. The van der Waals surface area contributed by atoms with Crippen LogP contribution in [0.25, 0.3) is 0 Å². The summed E-state index contributed by atoms with van der Waals surface area (Å²) in [5, 5.41) is 0.